The summed E-state index contributed by atoms with van der Waals surface area (Å²) >= 11 is 0.225. The van der Waals surface area contributed by atoms with Gasteiger partial charge in [-0.15, -0.1) is 0 Å². The summed E-state index contributed by atoms with van der Waals surface area (Å²) in [6.45, 7) is 8.55. The normalized spacial score (nSPS) is 15.5. The van der Waals surface area contributed by atoms with Crippen LogP contribution in [0.1, 0.15) is 40.5 Å². The molecule has 1 unspecified atom stereocenters. The molecule has 17 heavy (non-hydrogen) atoms. The summed E-state index contributed by atoms with van der Waals surface area (Å²) in [7, 11) is 0. The summed E-state index contributed by atoms with van der Waals surface area (Å²) in [4.78, 5) is 0. The quantitative estimate of drug-likeness (QED) is 0.449. The van der Waals surface area contributed by atoms with Crippen LogP contribution >= 0.6 is 5.83 Å². The van der Waals surface area contributed by atoms with Gasteiger partial charge in [-0.1, -0.05) is 0 Å². The molecule has 0 aliphatic rings. The minimum atomic E-state index is -2.22. The van der Waals surface area contributed by atoms with Crippen LogP contribution in [0.4, 0.5) is 0 Å². The van der Waals surface area contributed by atoms with E-state index in [0.717, 1.165) is 10.6 Å². The second kappa shape index (κ2) is 6.23. The third-order valence-electron chi connectivity index (χ3n) is 2.75. The van der Waals surface area contributed by atoms with Crippen molar-refractivity contribution in [3.05, 3.63) is 30.3 Å². The Kier molecular flexibility index (Phi) is 5.51. The van der Waals surface area contributed by atoms with Crippen molar-refractivity contribution >= 4 is 25.7 Å². The molecule has 0 saturated heterocycles. The fraction of sp³-hybridized carbons (Fsp3) is 0.571. The van der Waals surface area contributed by atoms with Crippen molar-refractivity contribution in [2.24, 2.45) is 0 Å². The zero-order chi connectivity index (χ0) is 12.9. The Morgan fingerprint density at radius 3 is 2.24 bits per heavy atom. The van der Waals surface area contributed by atoms with E-state index in [1.165, 1.54) is 12.8 Å². The molecule has 3 heteroatoms. The molecule has 0 heterocycles. The van der Waals surface area contributed by atoms with E-state index in [2.05, 4.69) is 27.7 Å². The van der Waals surface area contributed by atoms with Crippen molar-refractivity contribution in [1.29, 1.82) is 0 Å². The average molecular weight is 317 g/mol. The summed E-state index contributed by atoms with van der Waals surface area (Å²) in [5.41, 5.74) is 0. The van der Waals surface area contributed by atoms with Gasteiger partial charge in [-0.3, -0.25) is 0 Å². The standard InChI is InChI=1S/C14H23OPSe/c1-5-6-12-17-16(15,14(2,3)4)13-10-8-7-9-11-13/h7-11H,5-6,12H2,1-4H3. The molecule has 0 saturated carbocycles. The van der Waals surface area contributed by atoms with E-state index in [4.69, 9.17) is 0 Å². The molecule has 0 radical (unpaired) electrons. The molecule has 1 nitrogen and oxygen atoms in total. The third kappa shape index (κ3) is 3.71. The van der Waals surface area contributed by atoms with Crippen molar-refractivity contribution in [2.45, 2.75) is 51.0 Å². The van der Waals surface area contributed by atoms with E-state index in [9.17, 15) is 4.57 Å². The second-order valence-electron chi connectivity index (χ2n) is 5.24. The molecule has 0 N–H and O–H groups in total. The van der Waals surface area contributed by atoms with E-state index in [1.54, 1.807) is 0 Å². The van der Waals surface area contributed by atoms with Gasteiger partial charge in [-0.2, -0.15) is 0 Å². The van der Waals surface area contributed by atoms with Crippen molar-refractivity contribution in [1.82, 2.24) is 0 Å². The summed E-state index contributed by atoms with van der Waals surface area (Å²) in [5, 5.41) is 2.10. The van der Waals surface area contributed by atoms with Gasteiger partial charge in [-0.25, -0.2) is 0 Å². The van der Waals surface area contributed by atoms with Gasteiger partial charge in [0.25, 0.3) is 0 Å². The van der Waals surface area contributed by atoms with Gasteiger partial charge < -0.3 is 0 Å². The number of unbranched alkanes of at least 4 members (excludes halogenated alkanes) is 1. The number of hydrogen-bond acceptors (Lipinski definition) is 1. The molecule has 1 aromatic rings. The van der Waals surface area contributed by atoms with Crippen LogP contribution in [0, 0.1) is 0 Å². The van der Waals surface area contributed by atoms with Crippen LogP contribution in [0.25, 0.3) is 0 Å². The monoisotopic (exact) mass is 318 g/mol. The van der Waals surface area contributed by atoms with Gasteiger partial charge in [0.1, 0.15) is 0 Å². The molecule has 1 aromatic carbocycles. The van der Waals surface area contributed by atoms with E-state index in [1.807, 2.05) is 30.3 Å². The summed E-state index contributed by atoms with van der Waals surface area (Å²) < 4.78 is 13.3. The summed E-state index contributed by atoms with van der Waals surface area (Å²) in [6, 6.07) is 10.1. The number of hydrogen-bond donors (Lipinski definition) is 0. The second-order valence-corrected chi connectivity index (χ2v) is 14.2. The Balaban J connectivity index is 3.00. The van der Waals surface area contributed by atoms with Gasteiger partial charge in [0, 0.05) is 0 Å². The van der Waals surface area contributed by atoms with Gasteiger partial charge in [0.05, 0.1) is 0 Å². The molecule has 0 aliphatic carbocycles. The summed E-state index contributed by atoms with van der Waals surface area (Å²) in [5.74, 6) is -2.22. The van der Waals surface area contributed by atoms with Crippen molar-refractivity contribution in [3.8, 4) is 0 Å². The number of benzene rings is 1. The fourth-order valence-electron chi connectivity index (χ4n) is 1.62. The van der Waals surface area contributed by atoms with Crippen LogP contribution in [-0.2, 0) is 4.57 Å². The molecule has 1 atom stereocenters. The zero-order valence-corrected chi connectivity index (χ0v) is 13.9. The first-order valence-corrected chi connectivity index (χ1v) is 11.4. The average Bonchev–Trinajstić information content (AvgIpc) is 2.29. The Bertz CT molecular complexity index is 381. The van der Waals surface area contributed by atoms with Crippen LogP contribution in [0.3, 0.4) is 0 Å². The minimum absolute atomic E-state index is 0.109. The molecule has 96 valence electrons. The summed E-state index contributed by atoms with van der Waals surface area (Å²) in [6.07, 6.45) is 2.40. The first-order valence-electron chi connectivity index (χ1n) is 6.22. The van der Waals surface area contributed by atoms with Crippen LogP contribution in [0.15, 0.2) is 30.3 Å². The molecule has 0 fully saturated rings. The molecule has 0 aliphatic heterocycles. The van der Waals surface area contributed by atoms with Gasteiger partial charge in [-0.05, 0) is 0 Å². The first kappa shape index (κ1) is 15.0. The van der Waals surface area contributed by atoms with Crippen molar-refractivity contribution < 1.29 is 4.57 Å². The Morgan fingerprint density at radius 1 is 1.18 bits per heavy atom. The SMILES string of the molecule is CCCC[Se]P(=O)(c1ccccc1)C(C)(C)C. The van der Waals surface area contributed by atoms with Crippen LogP contribution < -0.4 is 5.30 Å². The molecular weight excluding hydrogens is 294 g/mol. The van der Waals surface area contributed by atoms with Gasteiger partial charge in [0.15, 0.2) is 0 Å². The van der Waals surface area contributed by atoms with E-state index in [-0.39, 0.29) is 19.7 Å². The predicted octanol–water partition coefficient (Wildman–Crippen LogP) is 4.31. The van der Waals surface area contributed by atoms with Crippen LogP contribution in [-0.4, -0.2) is 19.7 Å². The maximum absolute atomic E-state index is 13.3. The maximum atomic E-state index is 13.3. The predicted molar refractivity (Wildman–Crippen MR) is 78.9 cm³/mol. The Labute approximate surface area is 112 Å². The van der Waals surface area contributed by atoms with Crippen molar-refractivity contribution in [2.75, 3.05) is 0 Å². The molecule has 0 aromatic heterocycles. The first-order chi connectivity index (χ1) is 7.92. The van der Waals surface area contributed by atoms with E-state index in [0.29, 0.717) is 0 Å². The number of rotatable bonds is 5. The zero-order valence-electron chi connectivity index (χ0n) is 11.3. The van der Waals surface area contributed by atoms with Gasteiger partial charge >= 0.3 is 112 Å². The molecule has 0 spiro atoms. The van der Waals surface area contributed by atoms with Gasteiger partial charge in [0.2, 0.25) is 0 Å². The Morgan fingerprint density at radius 2 is 1.76 bits per heavy atom. The topological polar surface area (TPSA) is 17.1 Å². The molecule has 0 amide bonds. The Hall–Kier alpha value is -0.0305. The van der Waals surface area contributed by atoms with E-state index >= 15 is 0 Å². The molecule has 0 bridgehead atoms. The fourth-order valence-corrected chi connectivity index (χ4v) is 11.1. The van der Waals surface area contributed by atoms with Crippen LogP contribution in [0.2, 0.25) is 5.32 Å². The van der Waals surface area contributed by atoms with Crippen molar-refractivity contribution in [3.63, 3.8) is 0 Å². The van der Waals surface area contributed by atoms with E-state index < -0.39 is 5.83 Å². The molecular formula is C14H23OPSe. The third-order valence-corrected chi connectivity index (χ3v) is 14.9. The molecule has 1 rings (SSSR count). The van der Waals surface area contributed by atoms with Crippen LogP contribution in [0.5, 0.6) is 0 Å².